The van der Waals surface area contributed by atoms with Crippen molar-refractivity contribution < 1.29 is 0 Å². The number of hydrogen-bond donors (Lipinski definition) is 1. The van der Waals surface area contributed by atoms with Crippen molar-refractivity contribution in [1.29, 1.82) is 0 Å². The zero-order valence-corrected chi connectivity index (χ0v) is 14.4. The molecule has 1 saturated heterocycles. The molecule has 1 saturated carbocycles. The first-order chi connectivity index (χ1) is 10.3. The monoisotopic (exact) mass is 295 g/mol. The molecular weight excluding hydrogens is 258 g/mol. The summed E-state index contributed by atoms with van der Waals surface area (Å²) in [6.45, 7) is 12.2. The number of piperazine rings is 1. The van der Waals surface area contributed by atoms with E-state index < -0.39 is 0 Å². The lowest BCUT2D eigenvalue weighted by molar-refractivity contribution is 0.0678. The van der Waals surface area contributed by atoms with Crippen LogP contribution in [0.3, 0.4) is 0 Å². The maximum atomic E-state index is 3.87. The molecule has 2 fully saturated rings. The van der Waals surface area contributed by atoms with E-state index in [9.17, 15) is 0 Å². The maximum absolute atomic E-state index is 3.87. The van der Waals surface area contributed by atoms with Crippen molar-refractivity contribution in [2.24, 2.45) is 0 Å². The average molecular weight is 296 g/mol. The second-order valence-corrected chi connectivity index (χ2v) is 7.00. The van der Waals surface area contributed by atoms with Gasteiger partial charge in [-0.2, -0.15) is 0 Å². The Kier molecular flexibility index (Phi) is 8.05. The fourth-order valence-electron chi connectivity index (χ4n) is 4.10. The van der Waals surface area contributed by atoms with E-state index in [1.807, 2.05) is 0 Å². The van der Waals surface area contributed by atoms with E-state index in [-0.39, 0.29) is 0 Å². The van der Waals surface area contributed by atoms with Gasteiger partial charge < -0.3 is 10.2 Å². The topological polar surface area (TPSA) is 18.5 Å². The van der Waals surface area contributed by atoms with Gasteiger partial charge in [-0.15, -0.1) is 0 Å². The lowest BCUT2D eigenvalue weighted by atomic mass is 9.90. The zero-order chi connectivity index (χ0) is 14.9. The summed E-state index contributed by atoms with van der Waals surface area (Å²) in [5, 5.41) is 3.87. The summed E-state index contributed by atoms with van der Waals surface area (Å²) < 4.78 is 0. The number of rotatable bonds is 6. The van der Waals surface area contributed by atoms with Gasteiger partial charge in [0.25, 0.3) is 0 Å². The van der Waals surface area contributed by atoms with E-state index >= 15 is 0 Å². The Labute approximate surface area is 132 Å². The van der Waals surface area contributed by atoms with Crippen molar-refractivity contribution in [3.05, 3.63) is 0 Å². The fraction of sp³-hybridized carbons (Fsp3) is 1.00. The lowest BCUT2D eigenvalue weighted by Gasteiger charge is -2.43. The molecule has 0 radical (unpaired) electrons. The van der Waals surface area contributed by atoms with E-state index in [1.54, 1.807) is 0 Å². The predicted octanol–water partition coefficient (Wildman–Crippen LogP) is 3.11. The number of nitrogens with zero attached hydrogens (tertiary/aromatic N) is 2. The molecule has 2 unspecified atom stereocenters. The van der Waals surface area contributed by atoms with Crippen molar-refractivity contribution in [2.75, 3.05) is 39.3 Å². The van der Waals surface area contributed by atoms with Gasteiger partial charge in [-0.05, 0) is 38.8 Å². The largest absolute Gasteiger partial charge is 0.312 e. The standard InChI is InChI=1S/C18H37N3/c1-3-11-19-17-9-7-5-6-8-10-18(17)21-15-13-20(12-4-2)14-16-21/h17-19H,3-16H2,1-2H3. The Morgan fingerprint density at radius 2 is 1.57 bits per heavy atom. The SMILES string of the molecule is CCCNC1CCCCCCC1N1CCN(CCC)CC1. The van der Waals surface area contributed by atoms with Gasteiger partial charge in [0.15, 0.2) is 0 Å². The minimum atomic E-state index is 0.739. The molecular formula is C18H37N3. The van der Waals surface area contributed by atoms with Crippen molar-refractivity contribution in [3.8, 4) is 0 Å². The van der Waals surface area contributed by atoms with Crippen LogP contribution in [0.15, 0.2) is 0 Å². The summed E-state index contributed by atoms with van der Waals surface area (Å²) in [4.78, 5) is 5.46. The fourth-order valence-corrected chi connectivity index (χ4v) is 4.10. The molecule has 124 valence electrons. The molecule has 3 heteroatoms. The molecule has 2 atom stereocenters. The second-order valence-electron chi connectivity index (χ2n) is 7.00. The van der Waals surface area contributed by atoms with Crippen LogP contribution in [0.4, 0.5) is 0 Å². The van der Waals surface area contributed by atoms with E-state index in [0.29, 0.717) is 0 Å². The van der Waals surface area contributed by atoms with Crippen LogP contribution in [0, 0.1) is 0 Å². The molecule has 0 bridgehead atoms. The first-order valence-corrected chi connectivity index (χ1v) is 9.55. The van der Waals surface area contributed by atoms with Crippen LogP contribution in [0.25, 0.3) is 0 Å². The molecule has 0 aromatic rings. The molecule has 0 aromatic heterocycles. The summed E-state index contributed by atoms with van der Waals surface area (Å²) in [6.07, 6.45) is 11.1. The van der Waals surface area contributed by atoms with Crippen LogP contribution >= 0.6 is 0 Å². The van der Waals surface area contributed by atoms with Crippen LogP contribution in [0.1, 0.15) is 65.2 Å². The van der Waals surface area contributed by atoms with E-state index in [0.717, 1.165) is 12.1 Å². The van der Waals surface area contributed by atoms with Crippen LogP contribution in [-0.2, 0) is 0 Å². The van der Waals surface area contributed by atoms with E-state index in [1.165, 1.54) is 90.6 Å². The van der Waals surface area contributed by atoms with Gasteiger partial charge in [0.05, 0.1) is 0 Å². The third-order valence-electron chi connectivity index (χ3n) is 5.30. The van der Waals surface area contributed by atoms with Gasteiger partial charge in [-0.25, -0.2) is 0 Å². The highest BCUT2D eigenvalue weighted by molar-refractivity contribution is 4.88. The summed E-state index contributed by atoms with van der Waals surface area (Å²) >= 11 is 0. The molecule has 0 amide bonds. The van der Waals surface area contributed by atoms with Gasteiger partial charge in [0.2, 0.25) is 0 Å². The molecule has 0 aromatic carbocycles. The van der Waals surface area contributed by atoms with Crippen LogP contribution in [-0.4, -0.2) is 61.2 Å². The number of nitrogens with one attached hydrogen (secondary N) is 1. The van der Waals surface area contributed by atoms with Crippen LogP contribution < -0.4 is 5.32 Å². The smallest absolute Gasteiger partial charge is 0.0250 e. The van der Waals surface area contributed by atoms with Gasteiger partial charge in [0.1, 0.15) is 0 Å². The normalized spacial score (nSPS) is 30.0. The van der Waals surface area contributed by atoms with Crippen molar-refractivity contribution >= 4 is 0 Å². The van der Waals surface area contributed by atoms with Crippen molar-refractivity contribution in [2.45, 2.75) is 77.3 Å². The highest BCUT2D eigenvalue weighted by atomic mass is 15.3. The molecule has 1 aliphatic heterocycles. The summed E-state index contributed by atoms with van der Waals surface area (Å²) in [6, 6.07) is 1.53. The highest BCUT2D eigenvalue weighted by Gasteiger charge is 2.29. The third-order valence-corrected chi connectivity index (χ3v) is 5.30. The Hall–Kier alpha value is -0.120. The quantitative estimate of drug-likeness (QED) is 0.812. The highest BCUT2D eigenvalue weighted by Crippen LogP contribution is 2.23. The lowest BCUT2D eigenvalue weighted by Crippen LogP contribution is -2.56. The van der Waals surface area contributed by atoms with Crippen LogP contribution in [0.5, 0.6) is 0 Å². The van der Waals surface area contributed by atoms with Gasteiger partial charge in [-0.1, -0.05) is 39.5 Å². The first-order valence-electron chi connectivity index (χ1n) is 9.55. The molecule has 1 aliphatic carbocycles. The summed E-state index contributed by atoms with van der Waals surface area (Å²) in [5.74, 6) is 0. The zero-order valence-electron chi connectivity index (χ0n) is 14.4. The second kappa shape index (κ2) is 9.81. The first kappa shape index (κ1) is 17.2. The Morgan fingerprint density at radius 1 is 0.857 bits per heavy atom. The van der Waals surface area contributed by atoms with Crippen molar-refractivity contribution in [1.82, 2.24) is 15.1 Å². The average Bonchev–Trinajstić information content (AvgIpc) is 2.48. The molecule has 0 spiro atoms. The predicted molar refractivity (Wildman–Crippen MR) is 91.9 cm³/mol. The molecule has 1 heterocycles. The van der Waals surface area contributed by atoms with Crippen molar-refractivity contribution in [3.63, 3.8) is 0 Å². The molecule has 2 aliphatic rings. The number of hydrogen-bond acceptors (Lipinski definition) is 3. The van der Waals surface area contributed by atoms with Crippen LogP contribution in [0.2, 0.25) is 0 Å². The molecule has 3 nitrogen and oxygen atoms in total. The van der Waals surface area contributed by atoms with Gasteiger partial charge in [0, 0.05) is 38.3 Å². The maximum Gasteiger partial charge on any atom is 0.0250 e. The third kappa shape index (κ3) is 5.54. The summed E-state index contributed by atoms with van der Waals surface area (Å²) in [5.41, 5.74) is 0. The summed E-state index contributed by atoms with van der Waals surface area (Å²) in [7, 11) is 0. The minimum Gasteiger partial charge on any atom is -0.312 e. The van der Waals surface area contributed by atoms with E-state index in [2.05, 4.69) is 29.0 Å². The van der Waals surface area contributed by atoms with E-state index in [4.69, 9.17) is 0 Å². The Morgan fingerprint density at radius 3 is 2.24 bits per heavy atom. The Balaban J connectivity index is 1.89. The molecule has 21 heavy (non-hydrogen) atoms. The van der Waals surface area contributed by atoms with Gasteiger partial charge >= 0.3 is 0 Å². The molecule has 1 N–H and O–H groups in total. The molecule has 2 rings (SSSR count). The van der Waals surface area contributed by atoms with Gasteiger partial charge in [-0.3, -0.25) is 4.90 Å². The minimum absolute atomic E-state index is 0.739. The Bertz CT molecular complexity index is 259.